The van der Waals surface area contributed by atoms with E-state index in [1.807, 2.05) is 30.3 Å². The number of hydrogen-bond acceptors (Lipinski definition) is 6. The van der Waals surface area contributed by atoms with E-state index in [1.165, 1.54) is 11.8 Å². The molecule has 0 unspecified atom stereocenters. The van der Waals surface area contributed by atoms with Crippen LogP contribution in [0.5, 0.6) is 17.2 Å². The highest BCUT2D eigenvalue weighted by Gasteiger charge is 2.09. The van der Waals surface area contributed by atoms with E-state index in [2.05, 4.69) is 10.6 Å². The molecule has 29 heavy (non-hydrogen) atoms. The molecule has 0 aliphatic heterocycles. The second kappa shape index (κ2) is 11.9. The van der Waals surface area contributed by atoms with Crippen LogP contribution in [-0.4, -0.2) is 51.2 Å². The van der Waals surface area contributed by atoms with Gasteiger partial charge in [-0.25, -0.2) is 0 Å². The average Bonchev–Trinajstić information content (AvgIpc) is 2.74. The highest BCUT2D eigenvalue weighted by Crippen LogP contribution is 2.27. The topological polar surface area (TPSA) is 85.9 Å². The van der Waals surface area contributed by atoms with Crippen molar-refractivity contribution >= 4 is 29.3 Å². The van der Waals surface area contributed by atoms with Gasteiger partial charge in [-0.2, -0.15) is 0 Å². The van der Waals surface area contributed by atoms with Crippen molar-refractivity contribution in [2.24, 2.45) is 0 Å². The Labute approximate surface area is 175 Å². The molecule has 2 aromatic carbocycles. The Morgan fingerprint density at radius 2 is 1.55 bits per heavy atom. The van der Waals surface area contributed by atoms with Crippen LogP contribution in [0.1, 0.15) is 5.56 Å². The van der Waals surface area contributed by atoms with Gasteiger partial charge in [-0.15, -0.1) is 11.8 Å². The van der Waals surface area contributed by atoms with E-state index >= 15 is 0 Å². The highest BCUT2D eigenvalue weighted by atomic mass is 32.2. The quantitative estimate of drug-likeness (QED) is 0.584. The summed E-state index contributed by atoms with van der Waals surface area (Å²) >= 11 is 1.26. The number of carbonyl (C=O) groups excluding carboxylic acids is 2. The molecule has 2 aromatic rings. The Morgan fingerprint density at radius 3 is 2.28 bits per heavy atom. The molecule has 0 saturated carbocycles. The number of benzene rings is 2. The number of thioether (sulfide) groups is 1. The molecule has 0 heterocycles. The second-order valence-electron chi connectivity index (χ2n) is 6.03. The molecule has 2 rings (SSSR count). The van der Waals surface area contributed by atoms with Gasteiger partial charge in [-0.05, 0) is 36.2 Å². The van der Waals surface area contributed by atoms with Crippen LogP contribution >= 0.6 is 11.8 Å². The lowest BCUT2D eigenvalue weighted by Crippen LogP contribution is -2.28. The maximum atomic E-state index is 12.0. The molecular weight excluding hydrogens is 392 g/mol. The molecule has 2 amide bonds. The van der Waals surface area contributed by atoms with E-state index in [0.29, 0.717) is 35.9 Å². The van der Waals surface area contributed by atoms with Crippen molar-refractivity contribution in [1.82, 2.24) is 5.32 Å². The molecule has 0 aliphatic carbocycles. The molecule has 0 aromatic heterocycles. The summed E-state index contributed by atoms with van der Waals surface area (Å²) in [7, 11) is 4.72. The first kappa shape index (κ1) is 22.4. The number of carbonyl (C=O) groups is 2. The highest BCUT2D eigenvalue weighted by molar-refractivity contribution is 8.00. The number of para-hydroxylation sites is 2. The van der Waals surface area contributed by atoms with Crippen LogP contribution in [0.3, 0.4) is 0 Å². The van der Waals surface area contributed by atoms with Crippen molar-refractivity contribution in [1.29, 1.82) is 0 Å². The smallest absolute Gasteiger partial charge is 0.234 e. The third kappa shape index (κ3) is 7.23. The molecule has 156 valence electrons. The fourth-order valence-corrected chi connectivity index (χ4v) is 3.25. The van der Waals surface area contributed by atoms with Gasteiger partial charge in [-0.3, -0.25) is 9.59 Å². The maximum Gasteiger partial charge on any atom is 0.234 e. The van der Waals surface area contributed by atoms with Crippen LogP contribution in [0.25, 0.3) is 0 Å². The Balaban J connectivity index is 1.67. The van der Waals surface area contributed by atoms with Crippen molar-refractivity contribution in [3.05, 3.63) is 48.0 Å². The summed E-state index contributed by atoms with van der Waals surface area (Å²) in [5.41, 5.74) is 1.65. The Hall–Kier alpha value is -2.87. The maximum absolute atomic E-state index is 12.0. The predicted octanol–water partition coefficient (Wildman–Crippen LogP) is 2.74. The fourth-order valence-electron chi connectivity index (χ4n) is 2.60. The van der Waals surface area contributed by atoms with Gasteiger partial charge in [0.05, 0.1) is 38.5 Å². The number of ether oxygens (including phenoxy) is 3. The zero-order valence-corrected chi connectivity index (χ0v) is 17.6. The van der Waals surface area contributed by atoms with E-state index < -0.39 is 0 Å². The molecule has 0 spiro atoms. The largest absolute Gasteiger partial charge is 0.495 e. The molecule has 0 radical (unpaired) electrons. The second-order valence-corrected chi connectivity index (χ2v) is 7.02. The third-order valence-corrected chi connectivity index (χ3v) is 4.96. The molecule has 7 nitrogen and oxygen atoms in total. The number of hydrogen-bond donors (Lipinski definition) is 2. The van der Waals surface area contributed by atoms with Gasteiger partial charge in [0.25, 0.3) is 0 Å². The first-order valence-corrected chi connectivity index (χ1v) is 10.2. The number of nitrogens with one attached hydrogen (secondary N) is 2. The first-order valence-electron chi connectivity index (χ1n) is 9.05. The van der Waals surface area contributed by atoms with Gasteiger partial charge in [0.1, 0.15) is 5.75 Å². The molecule has 2 N–H and O–H groups in total. The summed E-state index contributed by atoms with van der Waals surface area (Å²) in [6.07, 6.45) is 0.672. The molecule has 8 heteroatoms. The zero-order valence-electron chi connectivity index (χ0n) is 16.8. The van der Waals surface area contributed by atoms with Crippen LogP contribution in [0.4, 0.5) is 5.69 Å². The van der Waals surface area contributed by atoms with Crippen molar-refractivity contribution in [3.8, 4) is 17.2 Å². The monoisotopic (exact) mass is 418 g/mol. The minimum atomic E-state index is -0.183. The number of amides is 2. The minimum Gasteiger partial charge on any atom is -0.495 e. The van der Waals surface area contributed by atoms with E-state index in [9.17, 15) is 9.59 Å². The van der Waals surface area contributed by atoms with Crippen molar-refractivity contribution in [3.63, 3.8) is 0 Å². The van der Waals surface area contributed by atoms with Crippen LogP contribution in [0.2, 0.25) is 0 Å². The number of rotatable bonds is 11. The van der Waals surface area contributed by atoms with Gasteiger partial charge in [0.15, 0.2) is 11.5 Å². The molecule has 0 bridgehead atoms. The van der Waals surface area contributed by atoms with E-state index in [0.717, 1.165) is 5.56 Å². The molecule has 0 saturated heterocycles. The van der Waals surface area contributed by atoms with Gasteiger partial charge < -0.3 is 24.8 Å². The summed E-state index contributed by atoms with van der Waals surface area (Å²) < 4.78 is 15.7. The SMILES string of the molecule is COc1ccccc1NC(=O)CSCC(=O)NCCc1ccc(OC)c(OC)c1. The lowest BCUT2D eigenvalue weighted by atomic mass is 10.1. The molecule has 0 aliphatic rings. The Bertz CT molecular complexity index is 828. The summed E-state index contributed by atoms with van der Waals surface area (Å²) in [5, 5.41) is 5.64. The minimum absolute atomic E-state index is 0.111. The average molecular weight is 419 g/mol. The Kier molecular flexibility index (Phi) is 9.17. The normalized spacial score (nSPS) is 10.2. The van der Waals surface area contributed by atoms with E-state index in [1.54, 1.807) is 33.5 Å². The molecular formula is C21H26N2O5S. The summed E-state index contributed by atoms with van der Waals surface area (Å²) in [5.74, 6) is 2.03. The standard InChI is InChI=1S/C21H26N2O5S/c1-26-17-7-5-4-6-16(17)23-21(25)14-29-13-20(24)22-11-10-15-8-9-18(27-2)19(12-15)28-3/h4-9,12H,10-11,13-14H2,1-3H3,(H,22,24)(H,23,25). The van der Waals surface area contributed by atoms with Crippen molar-refractivity contribution in [2.75, 3.05) is 44.7 Å². The lowest BCUT2D eigenvalue weighted by Gasteiger charge is -2.10. The van der Waals surface area contributed by atoms with Crippen LogP contribution < -0.4 is 24.8 Å². The predicted molar refractivity (Wildman–Crippen MR) is 115 cm³/mol. The van der Waals surface area contributed by atoms with Crippen molar-refractivity contribution in [2.45, 2.75) is 6.42 Å². The van der Waals surface area contributed by atoms with E-state index in [4.69, 9.17) is 14.2 Å². The fraction of sp³-hybridized carbons (Fsp3) is 0.333. The summed E-state index contributed by atoms with van der Waals surface area (Å²) in [6.45, 7) is 0.502. The number of methoxy groups -OCH3 is 3. The molecule has 0 fully saturated rings. The van der Waals surface area contributed by atoms with Gasteiger partial charge in [-0.1, -0.05) is 18.2 Å². The summed E-state index contributed by atoms with van der Waals surface area (Å²) in [4.78, 5) is 24.0. The van der Waals surface area contributed by atoms with Gasteiger partial charge >= 0.3 is 0 Å². The van der Waals surface area contributed by atoms with Gasteiger partial charge in [0.2, 0.25) is 11.8 Å². The zero-order chi connectivity index (χ0) is 21.1. The van der Waals surface area contributed by atoms with Crippen LogP contribution in [0.15, 0.2) is 42.5 Å². The first-order chi connectivity index (χ1) is 14.1. The van der Waals surface area contributed by atoms with Crippen molar-refractivity contribution < 1.29 is 23.8 Å². The van der Waals surface area contributed by atoms with E-state index in [-0.39, 0.29) is 23.3 Å². The summed E-state index contributed by atoms with van der Waals surface area (Å²) in [6, 6.07) is 12.8. The number of anilines is 1. The third-order valence-electron chi connectivity index (χ3n) is 4.03. The Morgan fingerprint density at radius 1 is 0.862 bits per heavy atom. The molecule has 0 atom stereocenters. The van der Waals surface area contributed by atoms with Crippen LogP contribution in [0, 0.1) is 0 Å². The van der Waals surface area contributed by atoms with Gasteiger partial charge in [0, 0.05) is 6.54 Å². The lowest BCUT2D eigenvalue weighted by molar-refractivity contribution is -0.118. The van der Waals surface area contributed by atoms with Crippen LogP contribution in [-0.2, 0) is 16.0 Å².